The van der Waals surface area contributed by atoms with E-state index in [1.807, 2.05) is 31.2 Å². The molecule has 1 rings (SSSR count). The average Bonchev–Trinajstić information content (AvgIpc) is 2.52. The van der Waals surface area contributed by atoms with Crippen molar-refractivity contribution in [3.63, 3.8) is 0 Å². The molecule has 0 aromatic heterocycles. The normalized spacial score (nSPS) is 12.1. The molecule has 0 saturated carbocycles. The van der Waals surface area contributed by atoms with Gasteiger partial charge in [-0.1, -0.05) is 32.0 Å². The van der Waals surface area contributed by atoms with Crippen LogP contribution in [0.2, 0.25) is 0 Å². The summed E-state index contributed by atoms with van der Waals surface area (Å²) in [5, 5.41) is 0. The molecule has 0 aliphatic rings. The molecule has 1 atom stereocenters. The van der Waals surface area contributed by atoms with Gasteiger partial charge in [0.1, 0.15) is 12.0 Å². The van der Waals surface area contributed by atoms with Crippen LogP contribution in [0.4, 0.5) is 4.79 Å². The molecule has 1 aromatic rings. The Kier molecular flexibility index (Phi) is 8.48. The lowest BCUT2D eigenvalue weighted by Gasteiger charge is -2.32. The van der Waals surface area contributed by atoms with Crippen LogP contribution in [0.15, 0.2) is 24.3 Å². The van der Waals surface area contributed by atoms with Gasteiger partial charge in [0.15, 0.2) is 0 Å². The zero-order valence-corrected chi connectivity index (χ0v) is 14.9. The first-order valence-corrected chi connectivity index (χ1v) is 8.20. The van der Waals surface area contributed by atoms with E-state index in [9.17, 15) is 4.79 Å². The van der Waals surface area contributed by atoms with Crippen molar-refractivity contribution in [2.75, 3.05) is 20.3 Å². The first-order chi connectivity index (χ1) is 11.0. The SMILES string of the molecule is CCOC(=O)N(Cc1ccccc1OC)C(CC(C)C)OCC. The number of carbonyl (C=O) groups excluding carboxylic acids is 1. The number of para-hydroxylation sites is 1. The van der Waals surface area contributed by atoms with Crippen molar-refractivity contribution in [3.05, 3.63) is 29.8 Å². The summed E-state index contributed by atoms with van der Waals surface area (Å²) in [7, 11) is 1.63. The summed E-state index contributed by atoms with van der Waals surface area (Å²) in [6, 6.07) is 7.67. The number of benzene rings is 1. The highest BCUT2D eigenvalue weighted by Gasteiger charge is 2.27. The van der Waals surface area contributed by atoms with Gasteiger partial charge in [-0.3, -0.25) is 4.90 Å². The molecule has 0 bridgehead atoms. The Morgan fingerprint density at radius 2 is 1.87 bits per heavy atom. The Morgan fingerprint density at radius 1 is 1.17 bits per heavy atom. The van der Waals surface area contributed by atoms with Crippen LogP contribution in [0.1, 0.15) is 39.7 Å². The van der Waals surface area contributed by atoms with E-state index < -0.39 is 0 Å². The monoisotopic (exact) mass is 323 g/mol. The summed E-state index contributed by atoms with van der Waals surface area (Å²) >= 11 is 0. The van der Waals surface area contributed by atoms with E-state index >= 15 is 0 Å². The summed E-state index contributed by atoms with van der Waals surface area (Å²) in [4.78, 5) is 14.1. The van der Waals surface area contributed by atoms with Crippen molar-refractivity contribution in [3.8, 4) is 5.75 Å². The first kappa shape index (κ1) is 19.3. The largest absolute Gasteiger partial charge is 0.496 e. The van der Waals surface area contributed by atoms with Crippen LogP contribution in [0, 0.1) is 5.92 Å². The van der Waals surface area contributed by atoms with E-state index in [1.54, 1.807) is 18.9 Å². The summed E-state index contributed by atoms with van der Waals surface area (Å²) < 4.78 is 16.4. The van der Waals surface area contributed by atoms with Gasteiger partial charge in [0.25, 0.3) is 0 Å². The van der Waals surface area contributed by atoms with Gasteiger partial charge in [-0.15, -0.1) is 0 Å². The van der Waals surface area contributed by atoms with E-state index in [-0.39, 0.29) is 12.3 Å². The Balaban J connectivity index is 3.04. The number of methoxy groups -OCH3 is 1. The third kappa shape index (κ3) is 6.10. The number of nitrogens with zero attached hydrogens (tertiary/aromatic N) is 1. The molecule has 1 unspecified atom stereocenters. The lowest BCUT2D eigenvalue weighted by atomic mass is 10.1. The van der Waals surface area contributed by atoms with Crippen molar-refractivity contribution in [2.24, 2.45) is 5.92 Å². The number of amides is 1. The molecular weight excluding hydrogens is 294 g/mol. The van der Waals surface area contributed by atoms with Crippen LogP contribution in [0.3, 0.4) is 0 Å². The van der Waals surface area contributed by atoms with Crippen LogP contribution < -0.4 is 4.74 Å². The molecule has 130 valence electrons. The number of carbonyl (C=O) groups is 1. The van der Waals surface area contributed by atoms with Gasteiger partial charge in [0.2, 0.25) is 0 Å². The maximum absolute atomic E-state index is 12.4. The van der Waals surface area contributed by atoms with Crippen LogP contribution >= 0.6 is 0 Å². The molecule has 0 heterocycles. The van der Waals surface area contributed by atoms with Gasteiger partial charge in [-0.25, -0.2) is 4.79 Å². The predicted molar refractivity (Wildman–Crippen MR) is 90.4 cm³/mol. The summed E-state index contributed by atoms with van der Waals surface area (Å²) in [6.07, 6.45) is 0.0726. The highest BCUT2D eigenvalue weighted by molar-refractivity contribution is 5.68. The fourth-order valence-corrected chi connectivity index (χ4v) is 2.39. The second-order valence-corrected chi connectivity index (χ2v) is 5.68. The van der Waals surface area contributed by atoms with Gasteiger partial charge >= 0.3 is 6.09 Å². The third-order valence-corrected chi connectivity index (χ3v) is 3.42. The highest BCUT2D eigenvalue weighted by atomic mass is 16.6. The molecule has 0 aliphatic carbocycles. The van der Waals surface area contributed by atoms with E-state index in [1.165, 1.54) is 0 Å². The van der Waals surface area contributed by atoms with Crippen LogP contribution in [-0.2, 0) is 16.0 Å². The molecule has 0 aliphatic heterocycles. The van der Waals surface area contributed by atoms with Crippen LogP contribution in [-0.4, -0.2) is 37.5 Å². The topological polar surface area (TPSA) is 48.0 Å². The van der Waals surface area contributed by atoms with Gasteiger partial charge in [0, 0.05) is 12.2 Å². The highest BCUT2D eigenvalue weighted by Crippen LogP contribution is 2.23. The Bertz CT molecular complexity index is 476. The minimum atomic E-state index is -0.363. The minimum absolute atomic E-state index is 0.316. The molecule has 0 spiro atoms. The summed E-state index contributed by atoms with van der Waals surface area (Å²) in [5.41, 5.74) is 0.927. The summed E-state index contributed by atoms with van der Waals surface area (Å²) in [6.45, 7) is 9.22. The molecule has 0 N–H and O–H groups in total. The molecule has 5 nitrogen and oxygen atoms in total. The van der Waals surface area contributed by atoms with Gasteiger partial charge in [0.05, 0.1) is 20.3 Å². The molecule has 0 fully saturated rings. The van der Waals surface area contributed by atoms with E-state index in [2.05, 4.69) is 13.8 Å². The van der Waals surface area contributed by atoms with Gasteiger partial charge in [-0.05, 0) is 32.3 Å². The van der Waals surface area contributed by atoms with Crippen LogP contribution in [0.5, 0.6) is 5.75 Å². The molecule has 5 heteroatoms. The third-order valence-electron chi connectivity index (χ3n) is 3.42. The molecule has 1 amide bonds. The average molecular weight is 323 g/mol. The fourth-order valence-electron chi connectivity index (χ4n) is 2.39. The number of hydrogen-bond acceptors (Lipinski definition) is 4. The Labute approximate surface area is 139 Å². The number of rotatable bonds is 9. The molecule has 0 radical (unpaired) electrons. The molecule has 0 saturated heterocycles. The van der Waals surface area contributed by atoms with E-state index in [0.29, 0.717) is 25.7 Å². The van der Waals surface area contributed by atoms with Gasteiger partial charge < -0.3 is 14.2 Å². The van der Waals surface area contributed by atoms with E-state index in [4.69, 9.17) is 14.2 Å². The van der Waals surface area contributed by atoms with Crippen molar-refractivity contribution in [1.82, 2.24) is 4.90 Å². The molecule has 23 heavy (non-hydrogen) atoms. The first-order valence-electron chi connectivity index (χ1n) is 8.20. The number of hydrogen-bond donors (Lipinski definition) is 0. The maximum atomic E-state index is 12.4. The molecule has 1 aromatic carbocycles. The standard InChI is InChI=1S/C18H29NO4/c1-6-22-17(12-14(3)4)19(18(20)23-7-2)13-15-10-8-9-11-16(15)21-5/h8-11,14,17H,6-7,12-13H2,1-5H3. The lowest BCUT2D eigenvalue weighted by Crippen LogP contribution is -2.42. The quantitative estimate of drug-likeness (QED) is 0.643. The zero-order chi connectivity index (χ0) is 17.2. The van der Waals surface area contributed by atoms with Gasteiger partial charge in [-0.2, -0.15) is 0 Å². The minimum Gasteiger partial charge on any atom is -0.496 e. The second-order valence-electron chi connectivity index (χ2n) is 5.68. The van der Waals surface area contributed by atoms with Crippen molar-refractivity contribution < 1.29 is 19.0 Å². The van der Waals surface area contributed by atoms with E-state index in [0.717, 1.165) is 17.7 Å². The maximum Gasteiger partial charge on any atom is 0.412 e. The smallest absolute Gasteiger partial charge is 0.412 e. The van der Waals surface area contributed by atoms with Crippen molar-refractivity contribution in [2.45, 2.75) is 46.9 Å². The fraction of sp³-hybridized carbons (Fsp3) is 0.611. The summed E-state index contributed by atoms with van der Waals surface area (Å²) in [5.74, 6) is 1.16. The predicted octanol–water partition coefficient (Wildman–Crippen LogP) is 4.06. The van der Waals surface area contributed by atoms with Crippen molar-refractivity contribution in [1.29, 1.82) is 0 Å². The van der Waals surface area contributed by atoms with Crippen molar-refractivity contribution >= 4 is 6.09 Å². The molecular formula is C18H29NO4. The zero-order valence-electron chi connectivity index (χ0n) is 14.9. The Morgan fingerprint density at radius 3 is 2.43 bits per heavy atom. The lowest BCUT2D eigenvalue weighted by molar-refractivity contribution is -0.0624. The second kappa shape index (κ2) is 10.1. The Hall–Kier alpha value is -1.75. The van der Waals surface area contributed by atoms with Crippen LogP contribution in [0.25, 0.3) is 0 Å². The number of ether oxygens (including phenoxy) is 3.